The number of hydrogen-bond acceptors (Lipinski definition) is 2. The number of hydrogen-bond donors (Lipinski definition) is 1. The average molecular weight is 389 g/mol. The molecule has 1 saturated carbocycles. The normalized spacial score (nSPS) is 22.5. The molecule has 29 heavy (non-hydrogen) atoms. The molecule has 0 radical (unpaired) electrons. The molecular weight excluding hydrogens is 360 g/mol. The molecule has 1 aliphatic heterocycles. The van der Waals surface area contributed by atoms with E-state index < -0.39 is 5.54 Å². The summed E-state index contributed by atoms with van der Waals surface area (Å²) >= 11 is 0. The Morgan fingerprint density at radius 3 is 2.52 bits per heavy atom. The number of nitrogens with zero attached hydrogens (tertiary/aromatic N) is 1. The number of amides is 2. The molecule has 4 heteroatoms. The zero-order chi connectivity index (χ0) is 20.3. The smallest absolute Gasteiger partial charge is 0.251 e. The first-order valence-electron chi connectivity index (χ1n) is 10.5. The fourth-order valence-corrected chi connectivity index (χ4v) is 4.41. The SMILES string of the molecule is Cc1cccc(N2C(=O)CC2(/C=C/c2ccccc2)C(=O)NC2CCCCC2)c1. The molecule has 1 N–H and O–H groups in total. The van der Waals surface area contributed by atoms with Crippen molar-refractivity contribution in [3.05, 3.63) is 71.8 Å². The molecular formula is C25H28N2O2. The molecule has 1 aliphatic carbocycles. The van der Waals surface area contributed by atoms with Crippen molar-refractivity contribution in [2.24, 2.45) is 0 Å². The van der Waals surface area contributed by atoms with Crippen LogP contribution < -0.4 is 10.2 Å². The largest absolute Gasteiger partial charge is 0.351 e. The lowest BCUT2D eigenvalue weighted by molar-refractivity contribution is -0.137. The van der Waals surface area contributed by atoms with Crippen LogP contribution in [-0.2, 0) is 9.59 Å². The van der Waals surface area contributed by atoms with E-state index in [0.717, 1.165) is 42.5 Å². The molecule has 4 nitrogen and oxygen atoms in total. The standard InChI is InChI=1S/C25H28N2O2/c1-19-9-8-14-22(17-19)27-23(28)18-25(27,16-15-20-10-4-2-5-11-20)24(29)26-21-12-6-3-7-13-21/h2,4-5,8-11,14-17,21H,3,6-7,12-13,18H2,1H3,(H,26,29)/b16-15+. The number of carbonyl (C=O) groups is 2. The Hall–Kier alpha value is -2.88. The predicted molar refractivity (Wildman–Crippen MR) is 117 cm³/mol. The molecule has 4 rings (SSSR count). The molecule has 2 fully saturated rings. The van der Waals surface area contributed by atoms with E-state index in [2.05, 4.69) is 5.32 Å². The van der Waals surface area contributed by atoms with Gasteiger partial charge in [-0.2, -0.15) is 0 Å². The minimum atomic E-state index is -0.974. The minimum Gasteiger partial charge on any atom is -0.351 e. The lowest BCUT2D eigenvalue weighted by Gasteiger charge is -2.49. The third-order valence-electron chi connectivity index (χ3n) is 6.01. The number of carbonyl (C=O) groups excluding carboxylic acids is 2. The summed E-state index contributed by atoms with van der Waals surface area (Å²) in [5.74, 6) is -0.0928. The zero-order valence-corrected chi connectivity index (χ0v) is 16.9. The van der Waals surface area contributed by atoms with E-state index >= 15 is 0 Å². The first kappa shape index (κ1) is 19.4. The third-order valence-corrected chi connectivity index (χ3v) is 6.01. The second-order valence-corrected chi connectivity index (χ2v) is 8.22. The van der Waals surface area contributed by atoms with Crippen molar-refractivity contribution in [3.8, 4) is 0 Å². The van der Waals surface area contributed by atoms with E-state index in [-0.39, 0.29) is 24.3 Å². The Bertz CT molecular complexity index is 915. The van der Waals surface area contributed by atoms with Gasteiger partial charge in [-0.3, -0.25) is 14.5 Å². The molecule has 2 amide bonds. The fraction of sp³-hybridized carbons (Fsp3) is 0.360. The van der Waals surface area contributed by atoms with Crippen molar-refractivity contribution in [3.63, 3.8) is 0 Å². The summed E-state index contributed by atoms with van der Waals surface area (Å²) in [6, 6.07) is 17.9. The van der Waals surface area contributed by atoms with Crippen LogP contribution in [-0.4, -0.2) is 23.4 Å². The second-order valence-electron chi connectivity index (χ2n) is 8.22. The Kier molecular flexibility index (Phi) is 5.52. The molecule has 2 aliphatic rings. The van der Waals surface area contributed by atoms with Gasteiger partial charge in [-0.05, 0) is 49.1 Å². The summed E-state index contributed by atoms with van der Waals surface area (Å²) in [6.45, 7) is 2.00. The molecule has 1 atom stereocenters. The summed E-state index contributed by atoms with van der Waals surface area (Å²) in [5.41, 5.74) is 1.88. The van der Waals surface area contributed by atoms with E-state index in [1.165, 1.54) is 6.42 Å². The summed E-state index contributed by atoms with van der Waals surface area (Å²) < 4.78 is 0. The molecule has 1 unspecified atom stereocenters. The van der Waals surface area contributed by atoms with Crippen LogP contribution in [0.25, 0.3) is 6.08 Å². The van der Waals surface area contributed by atoms with E-state index in [4.69, 9.17) is 0 Å². The van der Waals surface area contributed by atoms with Crippen LogP contribution in [0, 0.1) is 6.92 Å². The summed E-state index contributed by atoms with van der Waals surface area (Å²) in [7, 11) is 0. The summed E-state index contributed by atoms with van der Waals surface area (Å²) in [4.78, 5) is 27.8. The van der Waals surface area contributed by atoms with Crippen LogP contribution in [0.1, 0.15) is 49.7 Å². The average Bonchev–Trinajstić information content (AvgIpc) is 2.72. The minimum absolute atomic E-state index is 0.0212. The number of nitrogens with one attached hydrogen (secondary N) is 1. The molecule has 150 valence electrons. The van der Waals surface area contributed by atoms with Gasteiger partial charge in [0, 0.05) is 11.7 Å². The van der Waals surface area contributed by atoms with Crippen molar-refractivity contribution in [1.29, 1.82) is 0 Å². The van der Waals surface area contributed by atoms with E-state index in [1.54, 1.807) is 4.90 Å². The highest BCUT2D eigenvalue weighted by Gasteiger charge is 2.55. The van der Waals surface area contributed by atoms with Crippen LogP contribution in [0.15, 0.2) is 60.7 Å². The van der Waals surface area contributed by atoms with Gasteiger partial charge in [-0.1, -0.05) is 67.8 Å². The second kappa shape index (κ2) is 8.24. The number of aryl methyl sites for hydroxylation is 1. The summed E-state index contributed by atoms with van der Waals surface area (Å²) in [5, 5.41) is 3.25. The Morgan fingerprint density at radius 1 is 1.07 bits per heavy atom. The Labute approximate surface area is 172 Å². The first-order chi connectivity index (χ1) is 14.1. The predicted octanol–water partition coefficient (Wildman–Crippen LogP) is 4.63. The van der Waals surface area contributed by atoms with Gasteiger partial charge in [0.2, 0.25) is 5.91 Å². The third kappa shape index (κ3) is 3.98. The molecule has 2 aromatic carbocycles. The lowest BCUT2D eigenvalue weighted by Crippen LogP contribution is -2.70. The molecule has 0 bridgehead atoms. The fourth-order valence-electron chi connectivity index (χ4n) is 4.41. The highest BCUT2D eigenvalue weighted by Crippen LogP contribution is 2.39. The van der Waals surface area contributed by atoms with E-state index in [9.17, 15) is 9.59 Å². The molecule has 1 saturated heterocycles. The van der Waals surface area contributed by atoms with E-state index in [0.29, 0.717) is 0 Å². The van der Waals surface area contributed by atoms with Gasteiger partial charge in [-0.25, -0.2) is 0 Å². The quantitative estimate of drug-likeness (QED) is 0.759. The highest BCUT2D eigenvalue weighted by atomic mass is 16.2. The monoisotopic (exact) mass is 388 g/mol. The van der Waals surface area contributed by atoms with Crippen molar-refractivity contribution in [2.75, 3.05) is 4.90 Å². The van der Waals surface area contributed by atoms with Gasteiger partial charge in [0.15, 0.2) is 5.54 Å². The maximum absolute atomic E-state index is 13.5. The van der Waals surface area contributed by atoms with Gasteiger partial charge in [-0.15, -0.1) is 0 Å². The van der Waals surface area contributed by atoms with Crippen molar-refractivity contribution in [1.82, 2.24) is 5.32 Å². The maximum Gasteiger partial charge on any atom is 0.251 e. The Morgan fingerprint density at radius 2 is 1.83 bits per heavy atom. The number of benzene rings is 2. The van der Waals surface area contributed by atoms with Crippen LogP contribution in [0.5, 0.6) is 0 Å². The van der Waals surface area contributed by atoms with Gasteiger partial charge >= 0.3 is 0 Å². The van der Waals surface area contributed by atoms with Crippen molar-refractivity contribution < 1.29 is 9.59 Å². The van der Waals surface area contributed by atoms with Crippen LogP contribution in [0.3, 0.4) is 0 Å². The van der Waals surface area contributed by atoms with Gasteiger partial charge in [0.1, 0.15) is 0 Å². The number of rotatable bonds is 5. The maximum atomic E-state index is 13.5. The molecule has 0 spiro atoms. The van der Waals surface area contributed by atoms with Gasteiger partial charge in [0.05, 0.1) is 6.42 Å². The highest BCUT2D eigenvalue weighted by molar-refractivity contribution is 6.15. The van der Waals surface area contributed by atoms with Crippen molar-refractivity contribution in [2.45, 2.75) is 57.0 Å². The lowest BCUT2D eigenvalue weighted by atomic mass is 9.80. The van der Waals surface area contributed by atoms with Gasteiger partial charge < -0.3 is 5.32 Å². The molecule has 1 heterocycles. The number of anilines is 1. The van der Waals surface area contributed by atoms with Gasteiger partial charge in [0.25, 0.3) is 5.91 Å². The van der Waals surface area contributed by atoms with Crippen LogP contribution >= 0.6 is 0 Å². The zero-order valence-electron chi connectivity index (χ0n) is 16.9. The Balaban J connectivity index is 1.67. The van der Waals surface area contributed by atoms with Crippen molar-refractivity contribution >= 4 is 23.6 Å². The van der Waals surface area contributed by atoms with E-state index in [1.807, 2.05) is 73.7 Å². The topological polar surface area (TPSA) is 49.4 Å². The molecule has 2 aromatic rings. The first-order valence-corrected chi connectivity index (χ1v) is 10.5. The van der Waals surface area contributed by atoms with Crippen LogP contribution in [0.2, 0.25) is 0 Å². The summed E-state index contributed by atoms with van der Waals surface area (Å²) in [6.07, 6.45) is 9.63. The number of β-lactam (4-membered cyclic amide) rings is 1. The molecule has 0 aromatic heterocycles. The van der Waals surface area contributed by atoms with Crippen LogP contribution in [0.4, 0.5) is 5.69 Å².